The second-order valence-corrected chi connectivity index (χ2v) is 12.6. The lowest BCUT2D eigenvalue weighted by Crippen LogP contribution is -2.42. The Labute approximate surface area is 276 Å². The monoisotopic (exact) mass is 644 g/mol. The van der Waals surface area contributed by atoms with E-state index >= 15 is 0 Å². The van der Waals surface area contributed by atoms with Crippen LogP contribution in [0.15, 0.2) is 42.7 Å². The Hall–Kier alpha value is -5.00. The number of aromatic nitrogens is 3. The molecule has 1 aliphatic rings. The number of aryl methyl sites for hydroxylation is 1. The first-order chi connectivity index (χ1) is 22.4. The molecule has 0 aliphatic carbocycles. The average molecular weight is 645 g/mol. The number of fused-ring (bicyclic) bond motifs is 1. The van der Waals surface area contributed by atoms with Crippen molar-refractivity contribution in [3.05, 3.63) is 59.4 Å². The van der Waals surface area contributed by atoms with E-state index in [1.807, 2.05) is 71.0 Å². The van der Waals surface area contributed by atoms with Gasteiger partial charge >= 0.3 is 6.09 Å². The normalized spacial score (nSPS) is 14.6. The average Bonchev–Trinajstić information content (AvgIpc) is 3.54. The number of nitrogens with one attached hydrogen (secondary N) is 1. The van der Waals surface area contributed by atoms with Crippen LogP contribution < -0.4 is 29.2 Å². The first-order valence-electron chi connectivity index (χ1n) is 15.6. The minimum absolute atomic E-state index is 0.0447. The molecule has 2 aromatic heterocycles. The summed E-state index contributed by atoms with van der Waals surface area (Å²) < 4.78 is 28.9. The van der Waals surface area contributed by atoms with Gasteiger partial charge in [0.15, 0.2) is 0 Å². The second-order valence-electron chi connectivity index (χ2n) is 12.6. The van der Waals surface area contributed by atoms with Crippen molar-refractivity contribution < 1.29 is 28.5 Å². The summed E-state index contributed by atoms with van der Waals surface area (Å²) in [6.45, 7) is 11.2. The molecular weight excluding hydrogens is 600 g/mol. The van der Waals surface area contributed by atoms with Crippen LogP contribution in [0.5, 0.6) is 28.9 Å². The Morgan fingerprint density at radius 2 is 1.79 bits per heavy atom. The van der Waals surface area contributed by atoms with Crippen LogP contribution in [0.4, 0.5) is 16.4 Å². The van der Waals surface area contributed by atoms with Crippen molar-refractivity contribution in [2.75, 3.05) is 51.7 Å². The molecule has 2 aromatic carbocycles. The summed E-state index contributed by atoms with van der Waals surface area (Å²) in [6.07, 6.45) is 1.94. The van der Waals surface area contributed by atoms with Crippen molar-refractivity contribution in [2.24, 2.45) is 0 Å². The van der Waals surface area contributed by atoms with E-state index in [0.29, 0.717) is 71.1 Å². The summed E-state index contributed by atoms with van der Waals surface area (Å²) in [5.41, 5.74) is 2.78. The summed E-state index contributed by atoms with van der Waals surface area (Å²) in [4.78, 5) is 30.9. The summed E-state index contributed by atoms with van der Waals surface area (Å²) in [5.74, 6) is 4.35. The van der Waals surface area contributed by atoms with Crippen LogP contribution in [0.2, 0.25) is 0 Å². The predicted octanol–water partition coefficient (Wildman–Crippen LogP) is 6.52. The number of hydrogen-bond donors (Lipinski definition) is 1. The van der Waals surface area contributed by atoms with E-state index < -0.39 is 5.60 Å². The molecule has 0 unspecified atom stereocenters. The Bertz CT molecular complexity index is 1760. The number of amides is 1. The number of nitrogens with zero attached hydrogens (tertiary/aromatic N) is 5. The number of hydrogen-bond acceptors (Lipinski definition) is 11. The molecule has 12 nitrogen and oxygen atoms in total. The maximum absolute atomic E-state index is 12.8. The van der Waals surface area contributed by atoms with Gasteiger partial charge in [0.1, 0.15) is 51.9 Å². The fourth-order valence-electron chi connectivity index (χ4n) is 5.61. The van der Waals surface area contributed by atoms with Crippen molar-refractivity contribution >= 4 is 28.6 Å². The predicted molar refractivity (Wildman–Crippen MR) is 181 cm³/mol. The van der Waals surface area contributed by atoms with Gasteiger partial charge in [-0.15, -0.1) is 0 Å². The highest BCUT2D eigenvalue weighted by Gasteiger charge is 2.32. The van der Waals surface area contributed by atoms with Crippen LogP contribution in [0.3, 0.4) is 0 Å². The SMILES string of the molecule is COc1ccc(CNc2ncnc3cc(N4CC[C@H](N(C)C(=O)OC(C)(C)C)C4)nc(Oc4c(C)ccc(OC)c4C)c23)c(OC)c1. The maximum atomic E-state index is 12.8. The molecule has 3 heterocycles. The van der Waals surface area contributed by atoms with E-state index in [1.54, 1.807) is 33.3 Å². The zero-order valence-corrected chi connectivity index (χ0v) is 28.6. The number of carbonyl (C=O) groups excluding carboxylic acids is 1. The van der Waals surface area contributed by atoms with E-state index in [9.17, 15) is 4.79 Å². The summed E-state index contributed by atoms with van der Waals surface area (Å²) in [5, 5.41) is 4.08. The highest BCUT2D eigenvalue weighted by Crippen LogP contribution is 2.40. The zero-order valence-electron chi connectivity index (χ0n) is 28.6. The van der Waals surface area contributed by atoms with Gasteiger partial charge in [-0.3, -0.25) is 0 Å². The van der Waals surface area contributed by atoms with E-state index in [0.717, 1.165) is 23.1 Å². The second kappa shape index (κ2) is 13.8. The van der Waals surface area contributed by atoms with Crippen molar-refractivity contribution in [1.29, 1.82) is 0 Å². The number of likely N-dealkylation sites (N-methyl/N-ethyl adjacent to an activating group) is 1. The first kappa shape index (κ1) is 33.4. The molecule has 1 N–H and O–H groups in total. The molecule has 0 bridgehead atoms. The lowest BCUT2D eigenvalue weighted by atomic mass is 10.1. The zero-order chi connectivity index (χ0) is 33.9. The van der Waals surface area contributed by atoms with Gasteiger partial charge in [-0.25, -0.2) is 14.8 Å². The fourth-order valence-corrected chi connectivity index (χ4v) is 5.61. The van der Waals surface area contributed by atoms with E-state index in [-0.39, 0.29) is 12.1 Å². The minimum atomic E-state index is -0.573. The van der Waals surface area contributed by atoms with Gasteiger partial charge in [0.05, 0.1) is 32.9 Å². The molecule has 250 valence electrons. The van der Waals surface area contributed by atoms with Crippen LogP contribution in [0, 0.1) is 13.8 Å². The standard InChI is InChI=1S/C35H44N6O6/c1-21-10-13-27(44-8)22(2)31(21)46-33-30-26(37-20-38-32(30)36-18-23-11-12-25(43-7)16-28(23)45-9)17-29(39-33)41-15-14-24(19-41)40(6)34(42)47-35(3,4)5/h10-13,16-17,20,24H,14-15,18-19H2,1-9H3,(H,36,37,38)/t24-/m0/s1. The molecular formula is C35H44N6O6. The van der Waals surface area contributed by atoms with E-state index in [4.69, 9.17) is 28.7 Å². The topological polar surface area (TPSA) is 120 Å². The lowest BCUT2D eigenvalue weighted by molar-refractivity contribution is 0.0238. The quantitative estimate of drug-likeness (QED) is 0.203. The van der Waals surface area contributed by atoms with E-state index in [1.165, 1.54) is 6.33 Å². The van der Waals surface area contributed by atoms with Gasteiger partial charge in [0.2, 0.25) is 5.88 Å². The highest BCUT2D eigenvalue weighted by molar-refractivity contribution is 5.95. The summed E-state index contributed by atoms with van der Waals surface area (Å²) >= 11 is 0. The molecule has 47 heavy (non-hydrogen) atoms. The molecule has 1 fully saturated rings. The van der Waals surface area contributed by atoms with Gasteiger partial charge in [0, 0.05) is 49.9 Å². The number of pyridine rings is 1. The third-order valence-corrected chi connectivity index (χ3v) is 8.20. The molecule has 1 aliphatic heterocycles. The van der Waals surface area contributed by atoms with Crippen LogP contribution in [-0.4, -0.2) is 79.1 Å². The van der Waals surface area contributed by atoms with Crippen molar-refractivity contribution in [3.8, 4) is 28.9 Å². The molecule has 0 radical (unpaired) electrons. The van der Waals surface area contributed by atoms with Gasteiger partial charge in [-0.2, -0.15) is 4.98 Å². The fraction of sp³-hybridized carbons (Fsp3) is 0.429. The Kier molecular flexibility index (Phi) is 9.78. The molecule has 1 atom stereocenters. The first-order valence-corrected chi connectivity index (χ1v) is 15.6. The van der Waals surface area contributed by atoms with Crippen LogP contribution in [0.25, 0.3) is 10.9 Å². The van der Waals surface area contributed by atoms with E-state index in [2.05, 4.69) is 20.2 Å². The van der Waals surface area contributed by atoms with Crippen LogP contribution in [0.1, 0.15) is 43.9 Å². The number of methoxy groups -OCH3 is 3. The molecule has 4 aromatic rings. The Morgan fingerprint density at radius 1 is 1.02 bits per heavy atom. The minimum Gasteiger partial charge on any atom is -0.497 e. The van der Waals surface area contributed by atoms with Gasteiger partial charge < -0.3 is 38.8 Å². The lowest BCUT2D eigenvalue weighted by Gasteiger charge is -2.28. The maximum Gasteiger partial charge on any atom is 0.410 e. The largest absolute Gasteiger partial charge is 0.497 e. The van der Waals surface area contributed by atoms with Gasteiger partial charge in [-0.05, 0) is 64.8 Å². The van der Waals surface area contributed by atoms with Gasteiger partial charge in [-0.1, -0.05) is 6.07 Å². The molecule has 1 saturated heterocycles. The Balaban J connectivity index is 1.52. The molecule has 0 saturated carbocycles. The molecule has 12 heteroatoms. The molecule has 5 rings (SSSR count). The van der Waals surface area contributed by atoms with Gasteiger partial charge in [0.25, 0.3) is 0 Å². The molecule has 0 spiro atoms. The summed E-state index contributed by atoms with van der Waals surface area (Å²) in [7, 11) is 6.66. The number of benzene rings is 2. The van der Waals surface area contributed by atoms with Crippen molar-refractivity contribution in [1.82, 2.24) is 19.9 Å². The summed E-state index contributed by atoms with van der Waals surface area (Å²) in [6, 6.07) is 11.4. The smallest absolute Gasteiger partial charge is 0.410 e. The van der Waals surface area contributed by atoms with Crippen LogP contribution >= 0.6 is 0 Å². The number of anilines is 2. The number of ether oxygens (including phenoxy) is 5. The Morgan fingerprint density at radius 3 is 2.49 bits per heavy atom. The van der Waals surface area contributed by atoms with Crippen LogP contribution in [-0.2, 0) is 11.3 Å². The third-order valence-electron chi connectivity index (χ3n) is 8.20. The van der Waals surface area contributed by atoms with Crippen molar-refractivity contribution in [2.45, 2.75) is 59.2 Å². The van der Waals surface area contributed by atoms with Crippen molar-refractivity contribution in [3.63, 3.8) is 0 Å². The third kappa shape index (κ3) is 7.37. The molecule has 1 amide bonds. The number of carbonyl (C=O) groups is 1. The number of rotatable bonds is 10. The highest BCUT2D eigenvalue weighted by atomic mass is 16.6.